The van der Waals surface area contributed by atoms with E-state index >= 15 is 0 Å². The van der Waals surface area contributed by atoms with Crippen LogP contribution in [0.25, 0.3) is 11.5 Å². The van der Waals surface area contributed by atoms with Crippen LogP contribution >= 0.6 is 0 Å². The second-order valence-electron chi connectivity index (χ2n) is 6.61. The summed E-state index contributed by atoms with van der Waals surface area (Å²) in [6, 6.07) is 8.20. The number of nitrogens with zero attached hydrogens (tertiary/aromatic N) is 2. The average molecular weight is 329 g/mol. The zero-order valence-electron chi connectivity index (χ0n) is 14.4. The Hall–Kier alpha value is -1.69. The lowest BCUT2D eigenvalue weighted by molar-refractivity contribution is 0.0821. The molecule has 130 valence electrons. The third kappa shape index (κ3) is 4.90. The highest BCUT2D eigenvalue weighted by atomic mass is 16.3. The van der Waals surface area contributed by atoms with Crippen LogP contribution < -0.4 is 5.32 Å². The van der Waals surface area contributed by atoms with Gasteiger partial charge < -0.3 is 19.7 Å². The number of aliphatic hydroxyl groups excluding tert-OH is 1. The molecule has 0 amide bonds. The first-order chi connectivity index (χ1) is 11.7. The fourth-order valence-electron chi connectivity index (χ4n) is 3.00. The normalized spacial score (nSPS) is 16.6. The summed E-state index contributed by atoms with van der Waals surface area (Å²) in [6.45, 7) is 6.89. The number of aryl methyl sites for hydroxylation is 1. The van der Waals surface area contributed by atoms with E-state index in [0.717, 1.165) is 63.2 Å². The van der Waals surface area contributed by atoms with Gasteiger partial charge in [-0.3, -0.25) is 0 Å². The largest absolute Gasteiger partial charge is 0.444 e. The van der Waals surface area contributed by atoms with Gasteiger partial charge in [0.2, 0.25) is 5.89 Å². The number of rotatable bonds is 7. The molecule has 0 atom stereocenters. The van der Waals surface area contributed by atoms with Crippen LogP contribution in [0.15, 0.2) is 34.9 Å². The highest BCUT2D eigenvalue weighted by Gasteiger charge is 2.15. The molecule has 2 heterocycles. The molecule has 1 saturated heterocycles. The summed E-state index contributed by atoms with van der Waals surface area (Å²) in [7, 11) is 0. The van der Waals surface area contributed by atoms with Crippen LogP contribution in [0.3, 0.4) is 0 Å². The third-order valence-corrected chi connectivity index (χ3v) is 4.54. The van der Waals surface area contributed by atoms with E-state index in [1.165, 1.54) is 5.56 Å². The van der Waals surface area contributed by atoms with E-state index in [2.05, 4.69) is 34.3 Å². The molecule has 1 aliphatic heterocycles. The van der Waals surface area contributed by atoms with Crippen LogP contribution in [0.2, 0.25) is 0 Å². The molecular weight excluding hydrogens is 302 g/mol. The van der Waals surface area contributed by atoms with Crippen LogP contribution in [-0.4, -0.2) is 47.3 Å². The summed E-state index contributed by atoms with van der Waals surface area (Å²) in [6.07, 6.45) is 4.57. The van der Waals surface area contributed by atoms with Crippen molar-refractivity contribution in [1.82, 2.24) is 15.2 Å². The Labute approximate surface area is 143 Å². The molecule has 0 aliphatic carbocycles. The van der Waals surface area contributed by atoms with Gasteiger partial charge in [-0.15, -0.1) is 0 Å². The van der Waals surface area contributed by atoms with Gasteiger partial charge in [-0.1, -0.05) is 17.7 Å². The van der Waals surface area contributed by atoms with Crippen LogP contribution in [0.4, 0.5) is 0 Å². The molecule has 2 N–H and O–H groups in total. The van der Waals surface area contributed by atoms with Crippen molar-refractivity contribution in [2.24, 2.45) is 0 Å². The highest BCUT2D eigenvalue weighted by Crippen LogP contribution is 2.19. The Balaban J connectivity index is 1.36. The van der Waals surface area contributed by atoms with Gasteiger partial charge in [-0.25, -0.2) is 4.98 Å². The molecule has 24 heavy (non-hydrogen) atoms. The predicted molar refractivity (Wildman–Crippen MR) is 94.7 cm³/mol. The fourth-order valence-corrected chi connectivity index (χ4v) is 3.00. The maximum Gasteiger partial charge on any atom is 0.226 e. The average Bonchev–Trinajstić information content (AvgIpc) is 3.06. The van der Waals surface area contributed by atoms with E-state index in [-0.39, 0.29) is 6.10 Å². The number of benzene rings is 1. The van der Waals surface area contributed by atoms with Gasteiger partial charge in [0.15, 0.2) is 0 Å². The second-order valence-corrected chi connectivity index (χ2v) is 6.61. The van der Waals surface area contributed by atoms with Crippen LogP contribution in [0, 0.1) is 6.92 Å². The number of hydrogen-bond donors (Lipinski definition) is 2. The van der Waals surface area contributed by atoms with Gasteiger partial charge in [-0.2, -0.15) is 0 Å². The SMILES string of the molecule is Cc1ccc(-c2nc(CNCCCN3CCC(O)CC3)co2)cc1. The molecule has 3 rings (SSSR count). The molecule has 5 heteroatoms. The van der Waals surface area contributed by atoms with Gasteiger partial charge >= 0.3 is 0 Å². The van der Waals surface area contributed by atoms with Crippen molar-refractivity contribution in [3.63, 3.8) is 0 Å². The lowest BCUT2D eigenvalue weighted by Gasteiger charge is -2.29. The molecule has 1 aromatic carbocycles. The maximum atomic E-state index is 9.51. The number of oxazole rings is 1. The van der Waals surface area contributed by atoms with Gasteiger partial charge in [0.25, 0.3) is 0 Å². The zero-order valence-corrected chi connectivity index (χ0v) is 14.4. The van der Waals surface area contributed by atoms with Gasteiger partial charge in [0.1, 0.15) is 6.26 Å². The minimum atomic E-state index is -0.0886. The van der Waals surface area contributed by atoms with E-state index in [1.807, 2.05) is 12.1 Å². The van der Waals surface area contributed by atoms with Gasteiger partial charge in [-0.05, 0) is 51.4 Å². The predicted octanol–water partition coefficient (Wildman–Crippen LogP) is 2.59. The standard InChI is InChI=1S/C19H27N3O2/c1-15-3-5-16(6-4-15)19-21-17(14-24-19)13-20-9-2-10-22-11-7-18(23)8-12-22/h3-6,14,18,20,23H,2,7-13H2,1H3. The van der Waals surface area contributed by atoms with E-state index in [0.29, 0.717) is 5.89 Å². The number of likely N-dealkylation sites (tertiary alicyclic amines) is 1. The number of aliphatic hydroxyl groups is 1. The van der Waals surface area contributed by atoms with E-state index < -0.39 is 0 Å². The molecule has 0 bridgehead atoms. The van der Waals surface area contributed by atoms with Crippen molar-refractivity contribution in [3.05, 3.63) is 41.8 Å². The molecule has 0 saturated carbocycles. The lowest BCUT2D eigenvalue weighted by atomic mass is 10.1. The van der Waals surface area contributed by atoms with Crippen LogP contribution in [0.5, 0.6) is 0 Å². The number of hydrogen-bond acceptors (Lipinski definition) is 5. The molecule has 5 nitrogen and oxygen atoms in total. The van der Waals surface area contributed by atoms with Crippen molar-refractivity contribution in [1.29, 1.82) is 0 Å². The number of nitrogens with one attached hydrogen (secondary N) is 1. The van der Waals surface area contributed by atoms with Crippen LogP contribution in [-0.2, 0) is 6.54 Å². The van der Waals surface area contributed by atoms with Crippen LogP contribution in [0.1, 0.15) is 30.5 Å². The Kier molecular flexibility index (Phi) is 6.01. The lowest BCUT2D eigenvalue weighted by Crippen LogP contribution is -2.37. The molecule has 1 fully saturated rings. The molecule has 0 unspecified atom stereocenters. The number of aromatic nitrogens is 1. The quantitative estimate of drug-likeness (QED) is 0.765. The molecule has 1 aliphatic rings. The van der Waals surface area contributed by atoms with E-state index in [1.54, 1.807) is 6.26 Å². The fraction of sp³-hybridized carbons (Fsp3) is 0.526. The van der Waals surface area contributed by atoms with Crippen molar-refractivity contribution in [3.8, 4) is 11.5 Å². The Morgan fingerprint density at radius 3 is 2.75 bits per heavy atom. The summed E-state index contributed by atoms with van der Waals surface area (Å²) in [5.41, 5.74) is 3.18. The summed E-state index contributed by atoms with van der Waals surface area (Å²) in [4.78, 5) is 6.97. The summed E-state index contributed by atoms with van der Waals surface area (Å²) >= 11 is 0. The maximum absolute atomic E-state index is 9.51. The summed E-state index contributed by atoms with van der Waals surface area (Å²) in [5, 5.41) is 12.9. The summed E-state index contributed by atoms with van der Waals surface area (Å²) in [5.74, 6) is 0.679. The van der Waals surface area contributed by atoms with Gasteiger partial charge in [0.05, 0.1) is 11.8 Å². The minimum Gasteiger partial charge on any atom is -0.444 e. The van der Waals surface area contributed by atoms with Crippen molar-refractivity contribution < 1.29 is 9.52 Å². The topological polar surface area (TPSA) is 61.5 Å². The first kappa shape index (κ1) is 17.1. The van der Waals surface area contributed by atoms with Gasteiger partial charge in [0, 0.05) is 25.2 Å². The minimum absolute atomic E-state index is 0.0886. The molecule has 0 spiro atoms. The molecule has 2 aromatic rings. The Morgan fingerprint density at radius 1 is 1.25 bits per heavy atom. The van der Waals surface area contributed by atoms with E-state index in [9.17, 15) is 5.11 Å². The highest BCUT2D eigenvalue weighted by molar-refractivity contribution is 5.53. The third-order valence-electron chi connectivity index (χ3n) is 4.54. The molecule has 0 radical (unpaired) electrons. The van der Waals surface area contributed by atoms with Crippen molar-refractivity contribution in [2.75, 3.05) is 26.2 Å². The Morgan fingerprint density at radius 2 is 2.00 bits per heavy atom. The first-order valence-corrected chi connectivity index (χ1v) is 8.83. The van der Waals surface area contributed by atoms with Crippen molar-refractivity contribution >= 4 is 0 Å². The zero-order chi connectivity index (χ0) is 16.8. The van der Waals surface area contributed by atoms with Crippen molar-refractivity contribution in [2.45, 2.75) is 38.8 Å². The monoisotopic (exact) mass is 329 g/mol. The Bertz CT molecular complexity index is 616. The second kappa shape index (κ2) is 8.42. The molecular formula is C19H27N3O2. The first-order valence-electron chi connectivity index (χ1n) is 8.83. The summed E-state index contributed by atoms with van der Waals surface area (Å²) < 4.78 is 5.57. The molecule has 1 aromatic heterocycles. The van der Waals surface area contributed by atoms with E-state index in [4.69, 9.17) is 4.42 Å². The number of piperidine rings is 1. The smallest absolute Gasteiger partial charge is 0.226 e.